The van der Waals surface area contributed by atoms with Crippen LogP contribution in [0.5, 0.6) is 0 Å². The second-order valence-corrected chi connectivity index (χ2v) is 6.94. The summed E-state index contributed by atoms with van der Waals surface area (Å²) in [4.78, 5) is 0. The third-order valence-electron chi connectivity index (χ3n) is 2.02. The molecule has 0 aliphatic carbocycles. The fourth-order valence-corrected chi connectivity index (χ4v) is 4.38. The summed E-state index contributed by atoms with van der Waals surface area (Å²) in [6.45, 7) is 0. The van der Waals surface area contributed by atoms with Gasteiger partial charge in [0.2, 0.25) is 0 Å². The average Bonchev–Trinajstić information content (AvgIpc) is 2.17. The van der Waals surface area contributed by atoms with Crippen LogP contribution in [0.1, 0.15) is 12.8 Å². The van der Waals surface area contributed by atoms with Gasteiger partial charge in [-0.2, -0.15) is 0 Å². The quantitative estimate of drug-likeness (QED) is 0.520. The highest BCUT2D eigenvalue weighted by Crippen LogP contribution is 2.39. The van der Waals surface area contributed by atoms with Crippen LogP contribution in [-0.2, 0) is 0 Å². The second kappa shape index (κ2) is 8.25. The predicted octanol–water partition coefficient (Wildman–Crippen LogP) is 4.99. The maximum absolute atomic E-state index is 6.25. The Kier molecular flexibility index (Phi) is 9.49. The van der Waals surface area contributed by atoms with Crippen molar-refractivity contribution in [1.29, 1.82) is 0 Å². The summed E-state index contributed by atoms with van der Waals surface area (Å²) in [6, 6.07) is 0. The first-order chi connectivity index (χ1) is 6.52. The Morgan fingerprint density at radius 3 is 2.07 bits per heavy atom. The van der Waals surface area contributed by atoms with Gasteiger partial charge in [-0.25, -0.2) is 0 Å². The fourth-order valence-electron chi connectivity index (χ4n) is 1.12. The van der Waals surface area contributed by atoms with Crippen molar-refractivity contribution in [3.63, 3.8) is 0 Å². The molecule has 0 aliphatic rings. The summed E-state index contributed by atoms with van der Waals surface area (Å²) in [6.07, 6.45) is 1.53. The first-order valence-corrected chi connectivity index (χ1v) is 8.03. The van der Waals surface area contributed by atoms with Gasteiger partial charge < -0.3 is 0 Å². The van der Waals surface area contributed by atoms with Gasteiger partial charge in [-0.05, 0) is 12.8 Å². The number of rotatable bonds is 7. The first-order valence-electron chi connectivity index (χ1n) is 4.17. The van der Waals surface area contributed by atoms with Crippen molar-refractivity contribution >= 4 is 78.3 Å². The van der Waals surface area contributed by atoms with Gasteiger partial charge in [0.15, 0.2) is 0 Å². The Bertz CT molecular complexity index is 158. The van der Waals surface area contributed by atoms with E-state index in [0.29, 0.717) is 18.2 Å². The fraction of sp³-hybridized carbons (Fsp3) is 1.00. The van der Waals surface area contributed by atoms with Gasteiger partial charge in [0.1, 0.15) is 0 Å². The van der Waals surface area contributed by atoms with Crippen molar-refractivity contribution < 1.29 is 0 Å². The van der Waals surface area contributed by atoms with Gasteiger partial charge in [0.25, 0.3) is 0 Å². The Labute approximate surface area is 122 Å². The van der Waals surface area contributed by atoms with Crippen LogP contribution in [0.15, 0.2) is 0 Å². The van der Waals surface area contributed by atoms with Crippen molar-refractivity contribution in [3.05, 3.63) is 0 Å². The molecule has 3 atom stereocenters. The van der Waals surface area contributed by atoms with Crippen molar-refractivity contribution in [2.45, 2.75) is 27.9 Å². The summed E-state index contributed by atoms with van der Waals surface area (Å²) < 4.78 is -0.351. The van der Waals surface area contributed by atoms with Crippen molar-refractivity contribution in [2.24, 2.45) is 0 Å². The van der Waals surface area contributed by atoms with Crippen LogP contribution in [0.2, 0.25) is 0 Å². The van der Waals surface area contributed by atoms with E-state index in [-0.39, 0.29) is 15.1 Å². The lowest BCUT2D eigenvalue weighted by atomic mass is 9.96. The lowest BCUT2D eigenvalue weighted by Crippen LogP contribution is -2.43. The maximum Gasteiger partial charge on any atom is 0.0639 e. The van der Waals surface area contributed by atoms with Crippen LogP contribution in [0.3, 0.4) is 0 Å². The van der Waals surface area contributed by atoms with Crippen LogP contribution in [0.4, 0.5) is 0 Å². The van der Waals surface area contributed by atoms with E-state index < -0.39 is 0 Å². The van der Waals surface area contributed by atoms with Crippen molar-refractivity contribution in [3.8, 4) is 0 Å². The summed E-state index contributed by atoms with van der Waals surface area (Å²) in [5.41, 5.74) is 0. The van der Waals surface area contributed by atoms with E-state index >= 15 is 0 Å². The molecule has 0 bridgehead atoms. The molecule has 6 heteroatoms. The molecule has 0 aromatic heterocycles. The second-order valence-electron chi connectivity index (χ2n) is 2.93. The van der Waals surface area contributed by atoms with E-state index in [1.807, 2.05) is 0 Å². The van der Waals surface area contributed by atoms with E-state index in [4.69, 9.17) is 46.4 Å². The van der Waals surface area contributed by atoms with Gasteiger partial charge in [-0.1, -0.05) is 31.9 Å². The minimum absolute atomic E-state index is 0.112. The largest absolute Gasteiger partial charge is 0.127 e. The van der Waals surface area contributed by atoms with Gasteiger partial charge in [0.05, 0.1) is 15.1 Å². The molecule has 0 amide bonds. The minimum Gasteiger partial charge on any atom is -0.127 e. The number of halogens is 6. The van der Waals surface area contributed by atoms with Crippen LogP contribution >= 0.6 is 78.3 Å². The Morgan fingerprint density at radius 2 is 1.71 bits per heavy atom. The van der Waals surface area contributed by atoms with Crippen LogP contribution in [0, 0.1) is 0 Å². The molecule has 0 aromatic carbocycles. The summed E-state index contributed by atoms with van der Waals surface area (Å²) >= 11 is 30.8. The van der Waals surface area contributed by atoms with E-state index in [9.17, 15) is 0 Å². The monoisotopic (exact) mass is 406 g/mol. The number of hydrogen-bond acceptors (Lipinski definition) is 0. The molecule has 0 nitrogen and oxygen atoms in total. The van der Waals surface area contributed by atoms with Gasteiger partial charge in [0, 0.05) is 17.1 Å². The zero-order chi connectivity index (χ0) is 11.2. The molecule has 14 heavy (non-hydrogen) atoms. The van der Waals surface area contributed by atoms with E-state index in [2.05, 4.69) is 31.9 Å². The SMILES string of the molecule is ClCCC(Cl)C(Br)(CCBr)C(Cl)CCl. The molecule has 0 aromatic rings. The molecule has 0 spiro atoms. The zero-order valence-electron chi connectivity index (χ0n) is 7.46. The molecule has 3 unspecified atom stereocenters. The summed E-state index contributed by atoms with van der Waals surface area (Å²) in [5, 5.41) is 0.510. The van der Waals surface area contributed by atoms with E-state index in [1.165, 1.54) is 0 Å². The highest BCUT2D eigenvalue weighted by atomic mass is 79.9. The highest BCUT2D eigenvalue weighted by molar-refractivity contribution is 9.10. The molecule has 0 radical (unpaired) electrons. The molecule has 86 valence electrons. The number of alkyl halides is 6. The normalized spacial score (nSPS) is 20.1. The number of hydrogen-bond donors (Lipinski definition) is 0. The third-order valence-corrected chi connectivity index (χ3v) is 6.28. The standard InChI is InChI=1S/C8H12Br2Cl4/c9-3-2-8(10,7(14)5-12)6(13)1-4-11/h6-7H,1-5H2. The lowest BCUT2D eigenvalue weighted by Gasteiger charge is -2.35. The Balaban J connectivity index is 4.51. The van der Waals surface area contributed by atoms with Gasteiger partial charge in [-0.15, -0.1) is 46.4 Å². The average molecular weight is 410 g/mol. The smallest absolute Gasteiger partial charge is 0.0639 e. The molecule has 0 saturated heterocycles. The molecular formula is C8H12Br2Cl4. The van der Waals surface area contributed by atoms with Crippen LogP contribution in [0.25, 0.3) is 0 Å². The first kappa shape index (κ1) is 16.1. The van der Waals surface area contributed by atoms with Crippen LogP contribution in [-0.4, -0.2) is 32.2 Å². The van der Waals surface area contributed by atoms with E-state index in [0.717, 1.165) is 11.8 Å². The molecule has 0 heterocycles. The van der Waals surface area contributed by atoms with Gasteiger partial charge in [-0.3, -0.25) is 0 Å². The molecular weight excluding hydrogens is 398 g/mol. The Hall–Kier alpha value is 2.12. The lowest BCUT2D eigenvalue weighted by molar-refractivity contribution is 0.534. The Morgan fingerprint density at radius 1 is 1.14 bits per heavy atom. The van der Waals surface area contributed by atoms with Crippen molar-refractivity contribution in [1.82, 2.24) is 0 Å². The molecule has 0 saturated carbocycles. The predicted molar refractivity (Wildman–Crippen MR) is 75.4 cm³/mol. The van der Waals surface area contributed by atoms with E-state index in [1.54, 1.807) is 0 Å². The van der Waals surface area contributed by atoms with Gasteiger partial charge >= 0.3 is 0 Å². The molecule has 0 fully saturated rings. The summed E-state index contributed by atoms with van der Waals surface area (Å²) in [7, 11) is 0. The molecule has 0 aliphatic heterocycles. The summed E-state index contributed by atoms with van der Waals surface area (Å²) in [5.74, 6) is 0.890. The topological polar surface area (TPSA) is 0 Å². The third kappa shape index (κ3) is 4.55. The maximum atomic E-state index is 6.25. The highest BCUT2D eigenvalue weighted by Gasteiger charge is 2.40. The molecule has 0 rings (SSSR count). The molecule has 0 N–H and O–H groups in total. The van der Waals surface area contributed by atoms with Crippen LogP contribution < -0.4 is 0 Å². The zero-order valence-corrected chi connectivity index (χ0v) is 13.7. The minimum atomic E-state index is -0.351. The van der Waals surface area contributed by atoms with Crippen molar-refractivity contribution in [2.75, 3.05) is 17.1 Å².